The lowest BCUT2D eigenvalue weighted by molar-refractivity contribution is -0.139. The van der Waals surface area contributed by atoms with Gasteiger partial charge in [-0.3, -0.25) is 4.79 Å². The highest BCUT2D eigenvalue weighted by atomic mass is 35.5. The van der Waals surface area contributed by atoms with Gasteiger partial charge in [0.25, 0.3) is 0 Å². The van der Waals surface area contributed by atoms with Crippen LogP contribution in [0.25, 0.3) is 0 Å². The molecule has 2 aromatic rings. The van der Waals surface area contributed by atoms with Crippen molar-refractivity contribution in [3.8, 4) is 11.5 Å². The van der Waals surface area contributed by atoms with Crippen molar-refractivity contribution in [2.45, 2.75) is 25.4 Å². The van der Waals surface area contributed by atoms with E-state index in [-0.39, 0.29) is 12.0 Å². The zero-order valence-electron chi connectivity index (χ0n) is 15.7. The van der Waals surface area contributed by atoms with E-state index in [4.69, 9.17) is 25.8 Å². The van der Waals surface area contributed by atoms with Crippen molar-refractivity contribution in [2.24, 2.45) is 0 Å². The molecule has 0 radical (unpaired) electrons. The zero-order chi connectivity index (χ0) is 19.3. The minimum atomic E-state index is -0.176. The molecule has 6 heteroatoms. The lowest BCUT2D eigenvalue weighted by atomic mass is 10.1. The van der Waals surface area contributed by atoms with Crippen molar-refractivity contribution >= 4 is 17.5 Å². The van der Waals surface area contributed by atoms with Crippen molar-refractivity contribution in [1.29, 1.82) is 0 Å². The van der Waals surface area contributed by atoms with E-state index in [2.05, 4.69) is 0 Å². The smallest absolute Gasteiger partial charge is 0.223 e. The molecule has 0 saturated carbocycles. The Morgan fingerprint density at radius 3 is 2.75 bits per heavy atom. The van der Waals surface area contributed by atoms with Crippen molar-refractivity contribution in [1.82, 2.24) is 4.90 Å². The summed E-state index contributed by atoms with van der Waals surface area (Å²) in [7, 11) is 0. The number of halogens is 1. The van der Waals surface area contributed by atoms with Gasteiger partial charge in [-0.1, -0.05) is 35.9 Å². The number of amides is 1. The third-order valence-electron chi connectivity index (χ3n) is 5.11. The Morgan fingerprint density at radius 2 is 1.89 bits per heavy atom. The van der Waals surface area contributed by atoms with E-state index in [1.165, 1.54) is 0 Å². The SMILES string of the molecule is O=C(CCc1ccc2c(c1)OCCCO2)N1CCOC(c2ccccc2Cl)C1. The van der Waals surface area contributed by atoms with Crippen LogP contribution in [0.15, 0.2) is 42.5 Å². The van der Waals surface area contributed by atoms with Gasteiger partial charge in [-0.05, 0) is 30.2 Å². The molecule has 2 heterocycles. The van der Waals surface area contributed by atoms with Crippen molar-refractivity contribution in [3.05, 3.63) is 58.6 Å². The van der Waals surface area contributed by atoms with Crippen LogP contribution in [0.3, 0.4) is 0 Å². The molecule has 1 unspecified atom stereocenters. The Morgan fingerprint density at radius 1 is 1.07 bits per heavy atom. The third kappa shape index (κ3) is 4.42. The molecule has 0 aromatic heterocycles. The first-order valence-electron chi connectivity index (χ1n) is 9.73. The minimum absolute atomic E-state index is 0.132. The van der Waals surface area contributed by atoms with Crippen LogP contribution in [0, 0.1) is 0 Å². The first-order valence-corrected chi connectivity index (χ1v) is 10.1. The second-order valence-electron chi connectivity index (χ2n) is 7.05. The number of ether oxygens (including phenoxy) is 3. The van der Waals surface area contributed by atoms with Gasteiger partial charge < -0.3 is 19.1 Å². The summed E-state index contributed by atoms with van der Waals surface area (Å²) >= 11 is 6.29. The molecule has 1 atom stereocenters. The molecule has 5 nitrogen and oxygen atoms in total. The average Bonchev–Trinajstić information content (AvgIpc) is 2.97. The van der Waals surface area contributed by atoms with Crippen molar-refractivity contribution in [2.75, 3.05) is 32.9 Å². The average molecular weight is 402 g/mol. The molecule has 0 N–H and O–H groups in total. The maximum absolute atomic E-state index is 12.8. The quantitative estimate of drug-likeness (QED) is 0.776. The summed E-state index contributed by atoms with van der Waals surface area (Å²) in [5, 5.41) is 0.675. The number of hydrogen-bond acceptors (Lipinski definition) is 4. The molecule has 1 amide bonds. The molecule has 0 aliphatic carbocycles. The topological polar surface area (TPSA) is 48.0 Å². The maximum atomic E-state index is 12.8. The third-order valence-corrected chi connectivity index (χ3v) is 5.45. The summed E-state index contributed by atoms with van der Waals surface area (Å²) in [6.07, 6.45) is 1.83. The van der Waals surface area contributed by atoms with Gasteiger partial charge in [-0.2, -0.15) is 0 Å². The fraction of sp³-hybridized carbons (Fsp3) is 0.409. The summed E-state index contributed by atoms with van der Waals surface area (Å²) in [6.45, 7) is 3.00. The highest BCUT2D eigenvalue weighted by Crippen LogP contribution is 2.31. The highest BCUT2D eigenvalue weighted by molar-refractivity contribution is 6.31. The predicted octanol–water partition coefficient (Wildman–Crippen LogP) is 4.03. The molecule has 2 aliphatic heterocycles. The van der Waals surface area contributed by atoms with E-state index in [9.17, 15) is 4.79 Å². The van der Waals surface area contributed by atoms with Crippen LogP contribution >= 0.6 is 11.6 Å². The van der Waals surface area contributed by atoms with Gasteiger partial charge in [-0.15, -0.1) is 0 Å². The van der Waals surface area contributed by atoms with Crippen LogP contribution in [-0.4, -0.2) is 43.7 Å². The van der Waals surface area contributed by atoms with Gasteiger partial charge in [-0.25, -0.2) is 0 Å². The Bertz CT molecular complexity index is 841. The molecule has 28 heavy (non-hydrogen) atoms. The number of carbonyl (C=O) groups excluding carboxylic acids is 1. The van der Waals surface area contributed by atoms with Crippen LogP contribution < -0.4 is 9.47 Å². The molecule has 2 aromatic carbocycles. The summed E-state index contributed by atoms with van der Waals surface area (Å²) in [5.41, 5.74) is 2.01. The number of hydrogen-bond donors (Lipinski definition) is 0. The number of rotatable bonds is 4. The molecule has 0 spiro atoms. The normalized spacial score (nSPS) is 19.2. The first-order chi connectivity index (χ1) is 13.7. The maximum Gasteiger partial charge on any atom is 0.223 e. The van der Waals surface area contributed by atoms with Crippen LogP contribution in [0.2, 0.25) is 5.02 Å². The van der Waals surface area contributed by atoms with Gasteiger partial charge in [0.2, 0.25) is 5.91 Å². The highest BCUT2D eigenvalue weighted by Gasteiger charge is 2.26. The molecule has 2 aliphatic rings. The Hall–Kier alpha value is -2.24. The van der Waals surface area contributed by atoms with Crippen LogP contribution in [0.5, 0.6) is 11.5 Å². The number of fused-ring (bicyclic) bond motifs is 1. The molecular weight excluding hydrogens is 378 g/mol. The van der Waals surface area contributed by atoms with E-state index >= 15 is 0 Å². The largest absolute Gasteiger partial charge is 0.490 e. The van der Waals surface area contributed by atoms with E-state index in [0.29, 0.717) is 50.8 Å². The standard InChI is InChI=1S/C22H24ClNO4/c23-18-5-2-1-4-17(18)21-15-24(10-13-28-21)22(25)9-7-16-6-8-19-20(14-16)27-12-3-11-26-19/h1-2,4-6,8,14,21H,3,7,9-13,15H2. The summed E-state index contributed by atoms with van der Waals surface area (Å²) in [4.78, 5) is 14.6. The predicted molar refractivity (Wildman–Crippen MR) is 107 cm³/mol. The van der Waals surface area contributed by atoms with Gasteiger partial charge in [0.1, 0.15) is 6.10 Å². The lowest BCUT2D eigenvalue weighted by Crippen LogP contribution is -2.42. The second-order valence-corrected chi connectivity index (χ2v) is 7.46. The van der Waals surface area contributed by atoms with Crippen LogP contribution in [0.4, 0.5) is 0 Å². The minimum Gasteiger partial charge on any atom is -0.490 e. The van der Waals surface area contributed by atoms with Crippen LogP contribution in [0.1, 0.15) is 30.1 Å². The number of aryl methyl sites for hydroxylation is 1. The van der Waals surface area contributed by atoms with E-state index in [1.54, 1.807) is 0 Å². The monoisotopic (exact) mass is 401 g/mol. The van der Waals surface area contributed by atoms with E-state index in [1.807, 2.05) is 47.4 Å². The van der Waals surface area contributed by atoms with Gasteiger partial charge >= 0.3 is 0 Å². The molecular formula is C22H24ClNO4. The van der Waals surface area contributed by atoms with Gasteiger partial charge in [0, 0.05) is 30.0 Å². The van der Waals surface area contributed by atoms with Gasteiger partial charge in [0.15, 0.2) is 11.5 Å². The summed E-state index contributed by atoms with van der Waals surface area (Å²) in [6, 6.07) is 13.6. The summed E-state index contributed by atoms with van der Waals surface area (Å²) in [5.74, 6) is 1.68. The van der Waals surface area contributed by atoms with E-state index in [0.717, 1.165) is 29.0 Å². The Labute approximate surface area is 170 Å². The zero-order valence-corrected chi connectivity index (χ0v) is 16.5. The number of morpholine rings is 1. The molecule has 0 bridgehead atoms. The summed E-state index contributed by atoms with van der Waals surface area (Å²) < 4.78 is 17.3. The number of benzene rings is 2. The van der Waals surface area contributed by atoms with Crippen molar-refractivity contribution < 1.29 is 19.0 Å². The molecule has 4 rings (SSSR count). The number of carbonyl (C=O) groups is 1. The molecule has 1 fully saturated rings. The van der Waals surface area contributed by atoms with Crippen molar-refractivity contribution in [3.63, 3.8) is 0 Å². The molecule has 1 saturated heterocycles. The fourth-order valence-corrected chi connectivity index (χ4v) is 3.83. The lowest BCUT2D eigenvalue weighted by Gasteiger charge is -2.33. The second kappa shape index (κ2) is 8.84. The van der Waals surface area contributed by atoms with Crippen LogP contribution in [-0.2, 0) is 16.0 Å². The van der Waals surface area contributed by atoms with E-state index < -0.39 is 0 Å². The number of nitrogens with zero attached hydrogens (tertiary/aromatic N) is 1. The Kier molecular flexibility index (Phi) is 6.03. The molecule has 148 valence electrons. The fourth-order valence-electron chi connectivity index (χ4n) is 3.57. The Balaban J connectivity index is 1.36. The van der Waals surface area contributed by atoms with Gasteiger partial charge in [0.05, 0.1) is 26.4 Å². The first kappa shape index (κ1) is 19.1.